The summed E-state index contributed by atoms with van der Waals surface area (Å²) in [6.45, 7) is 0. The normalized spacial score (nSPS) is 11.6. The Morgan fingerprint density at radius 1 is 1.05 bits per heavy atom. The van der Waals surface area contributed by atoms with Crippen molar-refractivity contribution >= 4 is 20.3 Å². The number of benzene rings is 1. The van der Waals surface area contributed by atoms with Crippen molar-refractivity contribution in [1.82, 2.24) is 0 Å². The van der Waals surface area contributed by atoms with Gasteiger partial charge in [0.05, 0.1) is 0 Å². The molecule has 0 amide bonds. The van der Waals surface area contributed by atoms with Crippen LogP contribution < -0.4 is 5.19 Å². The Kier molecular flexibility index (Phi) is 4.51. The summed E-state index contributed by atoms with van der Waals surface area (Å²) in [5, 5.41) is 0.826. The second-order valence-electron chi connectivity index (χ2n) is 4.07. The van der Waals surface area contributed by atoms with Gasteiger partial charge in [0.25, 0.3) is 0 Å². The van der Waals surface area contributed by atoms with Crippen molar-refractivity contribution in [3.63, 3.8) is 0 Å². The minimum absolute atomic E-state index is 0.291. The van der Waals surface area contributed by atoms with Crippen LogP contribution in [0.1, 0.15) is 10.6 Å². The van der Waals surface area contributed by atoms with Crippen LogP contribution >= 0.6 is 0 Å². The van der Waals surface area contributed by atoms with Crippen LogP contribution in [0, 0.1) is 0 Å². The molecular weight excluding hydrogens is 276 g/mol. The van der Waals surface area contributed by atoms with E-state index in [0.29, 0.717) is 17.8 Å². The van der Waals surface area contributed by atoms with E-state index in [9.17, 15) is 4.79 Å². The van der Waals surface area contributed by atoms with Crippen LogP contribution in [0.2, 0.25) is 0 Å². The zero-order chi connectivity index (χ0) is 14.6. The molecule has 0 radical (unpaired) electrons. The lowest BCUT2D eigenvalue weighted by Crippen LogP contribution is -2.54. The molecule has 0 atom stereocenters. The second-order valence-corrected chi connectivity index (χ2v) is 6.98. The number of carbonyl (C=O) groups is 1. The minimum atomic E-state index is -2.87. The molecule has 0 aliphatic carbocycles. The molecule has 0 aliphatic rings. The fourth-order valence-electron chi connectivity index (χ4n) is 2.04. The molecule has 0 bridgehead atoms. The molecule has 20 heavy (non-hydrogen) atoms. The van der Waals surface area contributed by atoms with Gasteiger partial charge in [-0.2, -0.15) is 0 Å². The molecule has 5 nitrogen and oxygen atoms in total. The van der Waals surface area contributed by atoms with Gasteiger partial charge in [-0.15, -0.1) is 0 Å². The van der Waals surface area contributed by atoms with Crippen LogP contribution in [0.15, 0.2) is 40.8 Å². The average molecular weight is 292 g/mol. The smallest absolute Gasteiger partial charge is 0.453 e. The highest BCUT2D eigenvalue weighted by Gasteiger charge is 2.40. The van der Waals surface area contributed by atoms with Gasteiger partial charge in [-0.3, -0.25) is 4.79 Å². The topological polar surface area (TPSA) is 57.9 Å². The third-order valence-corrected chi connectivity index (χ3v) is 5.68. The third-order valence-electron chi connectivity index (χ3n) is 3.05. The summed E-state index contributed by atoms with van der Waals surface area (Å²) in [6.07, 6.45) is 0.672. The molecule has 2 rings (SSSR count). The molecule has 106 valence electrons. The van der Waals surface area contributed by atoms with E-state index < -0.39 is 8.80 Å². The van der Waals surface area contributed by atoms with Crippen LogP contribution in [0.3, 0.4) is 0 Å². The first-order valence-electron chi connectivity index (χ1n) is 6.00. The van der Waals surface area contributed by atoms with E-state index in [1.54, 1.807) is 33.5 Å². The number of furan rings is 1. The van der Waals surface area contributed by atoms with Gasteiger partial charge in [0.1, 0.15) is 5.76 Å². The molecule has 0 fully saturated rings. The van der Waals surface area contributed by atoms with E-state index in [-0.39, 0.29) is 0 Å². The zero-order valence-corrected chi connectivity index (χ0v) is 12.6. The van der Waals surface area contributed by atoms with Crippen molar-refractivity contribution in [3.8, 4) is 11.3 Å². The van der Waals surface area contributed by atoms with Crippen molar-refractivity contribution < 1.29 is 22.5 Å². The molecule has 0 saturated carbocycles. The van der Waals surface area contributed by atoms with Crippen molar-refractivity contribution in [2.24, 2.45) is 0 Å². The summed E-state index contributed by atoms with van der Waals surface area (Å²) >= 11 is 0. The van der Waals surface area contributed by atoms with Gasteiger partial charge < -0.3 is 17.7 Å². The molecule has 0 N–H and O–H groups in total. The highest BCUT2D eigenvalue weighted by molar-refractivity contribution is 6.75. The largest absolute Gasteiger partial charge is 0.536 e. The van der Waals surface area contributed by atoms with Crippen LogP contribution in [-0.4, -0.2) is 36.4 Å². The lowest BCUT2D eigenvalue weighted by molar-refractivity contribution is 0.110. The van der Waals surface area contributed by atoms with Crippen molar-refractivity contribution in [3.05, 3.63) is 42.2 Å². The Morgan fingerprint density at radius 2 is 1.75 bits per heavy atom. The summed E-state index contributed by atoms with van der Waals surface area (Å²) in [5.41, 5.74) is 0.832. The standard InChI is InChI=1S/C14H16O5Si/c1-16-20(17-2,18-3)13-6-4-5-11(9-13)14-8-7-12(10-15)19-14/h4-10H,1-3H3. The van der Waals surface area contributed by atoms with Gasteiger partial charge in [-0.05, 0) is 18.2 Å². The lowest BCUT2D eigenvalue weighted by Gasteiger charge is -2.24. The Labute approximate surface area is 118 Å². The first-order valence-corrected chi connectivity index (χ1v) is 7.73. The van der Waals surface area contributed by atoms with Crippen LogP contribution in [-0.2, 0) is 13.3 Å². The molecule has 0 unspecified atom stereocenters. The van der Waals surface area contributed by atoms with Gasteiger partial charge in [0, 0.05) is 32.1 Å². The van der Waals surface area contributed by atoms with Crippen molar-refractivity contribution in [2.75, 3.05) is 21.3 Å². The zero-order valence-electron chi connectivity index (χ0n) is 11.6. The van der Waals surface area contributed by atoms with Crippen molar-refractivity contribution in [2.45, 2.75) is 0 Å². The quantitative estimate of drug-likeness (QED) is 0.600. The summed E-state index contributed by atoms with van der Waals surface area (Å²) in [4.78, 5) is 10.7. The summed E-state index contributed by atoms with van der Waals surface area (Å²) < 4.78 is 21.8. The molecule has 1 heterocycles. The maximum atomic E-state index is 10.7. The summed E-state index contributed by atoms with van der Waals surface area (Å²) in [6, 6.07) is 10.9. The van der Waals surface area contributed by atoms with Gasteiger partial charge in [-0.1, -0.05) is 18.2 Å². The van der Waals surface area contributed by atoms with Crippen LogP contribution in [0.25, 0.3) is 11.3 Å². The average Bonchev–Trinajstić information content (AvgIpc) is 2.99. The number of aldehydes is 1. The highest BCUT2D eigenvalue weighted by atomic mass is 28.4. The first kappa shape index (κ1) is 14.7. The van der Waals surface area contributed by atoms with Gasteiger partial charge in [0.2, 0.25) is 0 Å². The van der Waals surface area contributed by atoms with E-state index >= 15 is 0 Å². The lowest BCUT2D eigenvalue weighted by atomic mass is 10.2. The Hall–Kier alpha value is -1.73. The SMILES string of the molecule is CO[Si](OC)(OC)c1cccc(-c2ccc(C=O)o2)c1. The number of hydrogen-bond acceptors (Lipinski definition) is 5. The molecule has 1 aromatic carbocycles. The maximum absolute atomic E-state index is 10.7. The highest BCUT2D eigenvalue weighted by Crippen LogP contribution is 2.21. The molecule has 0 spiro atoms. The Morgan fingerprint density at radius 3 is 2.30 bits per heavy atom. The summed E-state index contributed by atoms with van der Waals surface area (Å²) in [7, 11) is 1.81. The van der Waals surface area contributed by atoms with Crippen LogP contribution in [0.4, 0.5) is 0 Å². The first-order chi connectivity index (χ1) is 9.69. The minimum Gasteiger partial charge on any atom is -0.453 e. The van der Waals surface area contributed by atoms with E-state index in [1.807, 2.05) is 24.3 Å². The number of carbonyl (C=O) groups excluding carboxylic acids is 1. The van der Waals surface area contributed by atoms with E-state index in [1.165, 1.54) is 0 Å². The monoisotopic (exact) mass is 292 g/mol. The van der Waals surface area contributed by atoms with E-state index in [0.717, 1.165) is 10.8 Å². The van der Waals surface area contributed by atoms with Gasteiger partial charge >= 0.3 is 8.80 Å². The number of rotatable bonds is 6. The predicted octanol–water partition coefficient (Wildman–Crippen LogP) is 1.84. The molecule has 0 aliphatic heterocycles. The molecule has 0 saturated heterocycles. The third kappa shape index (κ3) is 2.59. The number of hydrogen-bond donors (Lipinski definition) is 0. The van der Waals surface area contributed by atoms with E-state index in [4.69, 9.17) is 17.7 Å². The summed E-state index contributed by atoms with van der Waals surface area (Å²) in [5.74, 6) is 0.902. The molecular formula is C14H16O5Si. The Bertz CT molecular complexity index is 580. The van der Waals surface area contributed by atoms with Gasteiger partial charge in [-0.25, -0.2) is 0 Å². The molecule has 2 aromatic rings. The van der Waals surface area contributed by atoms with Crippen LogP contribution in [0.5, 0.6) is 0 Å². The van der Waals surface area contributed by atoms with Crippen molar-refractivity contribution in [1.29, 1.82) is 0 Å². The maximum Gasteiger partial charge on any atom is 0.536 e. The predicted molar refractivity (Wildman–Crippen MR) is 75.9 cm³/mol. The second kappa shape index (κ2) is 6.15. The fourth-order valence-corrected chi connectivity index (χ4v) is 3.88. The fraction of sp³-hybridized carbons (Fsp3) is 0.214. The van der Waals surface area contributed by atoms with Gasteiger partial charge in [0.15, 0.2) is 12.0 Å². The Balaban J connectivity index is 2.43. The molecule has 6 heteroatoms. The van der Waals surface area contributed by atoms with E-state index in [2.05, 4.69) is 0 Å². The molecule has 1 aromatic heterocycles.